The molecule has 0 bridgehead atoms. The number of hydrogen-bond donors (Lipinski definition) is 1. The van der Waals surface area contributed by atoms with Gasteiger partial charge in [-0.3, -0.25) is 0 Å². The molecule has 0 saturated carbocycles. The van der Waals surface area contributed by atoms with Crippen molar-refractivity contribution in [3.63, 3.8) is 0 Å². The number of nitrogens with zero attached hydrogens (tertiary/aromatic N) is 1. The van der Waals surface area contributed by atoms with Crippen molar-refractivity contribution >= 4 is 33.2 Å². The van der Waals surface area contributed by atoms with Crippen molar-refractivity contribution in [3.8, 4) is 0 Å². The number of piperidine rings is 1. The minimum absolute atomic E-state index is 0.0107. The average molecular weight is 324 g/mol. The molecule has 2 unspecified atom stereocenters. The third kappa shape index (κ3) is 2.90. The highest BCUT2D eigenvalue weighted by molar-refractivity contribution is 7.89. The van der Waals surface area contributed by atoms with E-state index in [0.717, 1.165) is 0 Å². The number of aliphatic hydroxyl groups is 1. The maximum absolute atomic E-state index is 12.5. The topological polar surface area (TPSA) is 57.6 Å². The van der Waals surface area contributed by atoms with Crippen molar-refractivity contribution in [3.05, 3.63) is 28.2 Å². The highest BCUT2D eigenvalue weighted by Crippen LogP contribution is 2.32. The number of benzene rings is 1. The molecule has 7 heteroatoms. The van der Waals surface area contributed by atoms with E-state index in [1.165, 1.54) is 16.4 Å². The van der Waals surface area contributed by atoms with Crippen molar-refractivity contribution in [2.24, 2.45) is 5.92 Å². The van der Waals surface area contributed by atoms with E-state index in [1.54, 1.807) is 6.07 Å². The molecule has 1 aromatic carbocycles. The van der Waals surface area contributed by atoms with Gasteiger partial charge in [0.15, 0.2) is 0 Å². The number of sulfonamides is 1. The zero-order valence-corrected chi connectivity index (χ0v) is 12.7. The summed E-state index contributed by atoms with van der Waals surface area (Å²) in [6, 6.07) is 4.51. The molecule has 0 radical (unpaired) electrons. The first kappa shape index (κ1) is 15.1. The van der Waals surface area contributed by atoms with Crippen LogP contribution in [-0.4, -0.2) is 37.0 Å². The first-order chi connectivity index (χ1) is 8.84. The molecule has 19 heavy (non-hydrogen) atoms. The Kier molecular flexibility index (Phi) is 4.42. The Hall–Kier alpha value is -0.330. The van der Waals surface area contributed by atoms with Crippen molar-refractivity contribution < 1.29 is 13.5 Å². The molecule has 1 heterocycles. The molecule has 0 aliphatic carbocycles. The second-order valence-corrected chi connectivity index (χ2v) is 7.44. The van der Waals surface area contributed by atoms with Crippen LogP contribution in [0, 0.1) is 5.92 Å². The van der Waals surface area contributed by atoms with Gasteiger partial charge in [0.05, 0.1) is 16.1 Å². The molecule has 2 rings (SSSR count). The van der Waals surface area contributed by atoms with Gasteiger partial charge in [-0.15, -0.1) is 0 Å². The Morgan fingerprint density at radius 1 is 1.37 bits per heavy atom. The number of halogens is 2. The Labute approximate surface area is 123 Å². The minimum Gasteiger partial charge on any atom is -0.391 e. The van der Waals surface area contributed by atoms with Gasteiger partial charge in [0, 0.05) is 13.1 Å². The first-order valence-electron chi connectivity index (χ1n) is 5.96. The summed E-state index contributed by atoms with van der Waals surface area (Å²) in [6.07, 6.45) is -0.0278. The first-order valence-corrected chi connectivity index (χ1v) is 8.16. The van der Waals surface area contributed by atoms with Crippen LogP contribution < -0.4 is 0 Å². The predicted octanol–water partition coefficient (Wildman–Crippen LogP) is 2.38. The second kappa shape index (κ2) is 5.58. The minimum atomic E-state index is -3.71. The number of rotatable bonds is 2. The molecule has 106 valence electrons. The summed E-state index contributed by atoms with van der Waals surface area (Å²) in [5, 5.41) is 10.0. The maximum atomic E-state index is 12.5. The summed E-state index contributed by atoms with van der Waals surface area (Å²) >= 11 is 11.8. The summed E-state index contributed by atoms with van der Waals surface area (Å²) in [7, 11) is -3.71. The SMILES string of the molecule is CC1CCN(S(=O)(=O)c2cccc(Cl)c2Cl)CC1O. The summed E-state index contributed by atoms with van der Waals surface area (Å²) < 4.78 is 26.2. The van der Waals surface area contributed by atoms with Gasteiger partial charge in [-0.05, 0) is 24.5 Å². The van der Waals surface area contributed by atoms with E-state index >= 15 is 0 Å². The Bertz CT molecular complexity index is 576. The molecule has 2 atom stereocenters. The van der Waals surface area contributed by atoms with E-state index < -0.39 is 16.1 Å². The van der Waals surface area contributed by atoms with Crippen LogP contribution >= 0.6 is 23.2 Å². The van der Waals surface area contributed by atoms with Gasteiger partial charge in [0.2, 0.25) is 10.0 Å². The molecule has 1 N–H and O–H groups in total. The molecular formula is C12H15Cl2NO3S. The van der Waals surface area contributed by atoms with Crippen LogP contribution in [0.15, 0.2) is 23.1 Å². The van der Waals surface area contributed by atoms with E-state index in [9.17, 15) is 13.5 Å². The maximum Gasteiger partial charge on any atom is 0.244 e. The molecule has 1 saturated heterocycles. The predicted molar refractivity (Wildman–Crippen MR) is 75.0 cm³/mol. The molecule has 4 nitrogen and oxygen atoms in total. The monoisotopic (exact) mass is 323 g/mol. The van der Waals surface area contributed by atoms with Gasteiger partial charge < -0.3 is 5.11 Å². The van der Waals surface area contributed by atoms with E-state index in [2.05, 4.69) is 0 Å². The summed E-state index contributed by atoms with van der Waals surface area (Å²) in [5.41, 5.74) is 0. The van der Waals surface area contributed by atoms with Gasteiger partial charge in [-0.25, -0.2) is 8.42 Å². The van der Waals surface area contributed by atoms with Crippen LogP contribution in [0.1, 0.15) is 13.3 Å². The molecule has 0 aromatic heterocycles. The third-order valence-electron chi connectivity index (χ3n) is 3.42. The van der Waals surface area contributed by atoms with Crippen LogP contribution in [-0.2, 0) is 10.0 Å². The lowest BCUT2D eigenvalue weighted by Crippen LogP contribution is -2.45. The summed E-state index contributed by atoms with van der Waals surface area (Å²) in [5.74, 6) is 0.0984. The highest BCUT2D eigenvalue weighted by Gasteiger charge is 2.34. The molecular weight excluding hydrogens is 309 g/mol. The van der Waals surface area contributed by atoms with Crippen molar-refractivity contribution in [1.82, 2.24) is 4.31 Å². The van der Waals surface area contributed by atoms with Gasteiger partial charge >= 0.3 is 0 Å². The Balaban J connectivity index is 2.35. The lowest BCUT2D eigenvalue weighted by Gasteiger charge is -2.33. The van der Waals surface area contributed by atoms with Crippen LogP contribution in [0.4, 0.5) is 0 Å². The summed E-state index contributed by atoms with van der Waals surface area (Å²) in [4.78, 5) is -0.0107. The van der Waals surface area contributed by atoms with Crippen molar-refractivity contribution in [2.75, 3.05) is 13.1 Å². The van der Waals surface area contributed by atoms with E-state index in [1.807, 2.05) is 6.92 Å². The lowest BCUT2D eigenvalue weighted by atomic mass is 9.98. The largest absolute Gasteiger partial charge is 0.391 e. The van der Waals surface area contributed by atoms with E-state index in [4.69, 9.17) is 23.2 Å². The fraction of sp³-hybridized carbons (Fsp3) is 0.500. The van der Waals surface area contributed by atoms with Crippen molar-refractivity contribution in [1.29, 1.82) is 0 Å². The fourth-order valence-corrected chi connectivity index (χ4v) is 4.27. The second-order valence-electron chi connectivity index (χ2n) is 4.75. The molecule has 1 aliphatic heterocycles. The zero-order valence-electron chi connectivity index (χ0n) is 10.4. The molecule has 0 amide bonds. The molecule has 0 spiro atoms. The lowest BCUT2D eigenvalue weighted by molar-refractivity contribution is 0.0605. The van der Waals surface area contributed by atoms with E-state index in [0.29, 0.717) is 13.0 Å². The molecule has 1 fully saturated rings. The normalized spacial score (nSPS) is 25.5. The smallest absolute Gasteiger partial charge is 0.244 e. The zero-order chi connectivity index (χ0) is 14.2. The van der Waals surface area contributed by atoms with Gasteiger partial charge in [0.25, 0.3) is 0 Å². The van der Waals surface area contributed by atoms with Gasteiger partial charge in [-0.1, -0.05) is 36.2 Å². The van der Waals surface area contributed by atoms with Crippen molar-refractivity contribution in [2.45, 2.75) is 24.3 Å². The van der Waals surface area contributed by atoms with Gasteiger partial charge in [-0.2, -0.15) is 4.31 Å². The van der Waals surface area contributed by atoms with Crippen LogP contribution in [0.3, 0.4) is 0 Å². The molecule has 1 aliphatic rings. The molecule has 1 aromatic rings. The number of β-amino-alcohol motifs (C(OH)–C–C–N with tert-alkyl or cyclic N) is 1. The summed E-state index contributed by atoms with van der Waals surface area (Å²) in [6.45, 7) is 2.37. The fourth-order valence-electron chi connectivity index (χ4n) is 2.06. The number of aliphatic hydroxyl groups excluding tert-OH is 1. The average Bonchev–Trinajstić information content (AvgIpc) is 2.35. The van der Waals surface area contributed by atoms with Crippen LogP contribution in [0.5, 0.6) is 0 Å². The van der Waals surface area contributed by atoms with Crippen LogP contribution in [0.2, 0.25) is 10.0 Å². The third-order valence-corrected chi connectivity index (χ3v) is 6.25. The number of hydrogen-bond acceptors (Lipinski definition) is 3. The Morgan fingerprint density at radius 3 is 2.68 bits per heavy atom. The van der Waals surface area contributed by atoms with Crippen LogP contribution in [0.25, 0.3) is 0 Å². The van der Waals surface area contributed by atoms with Gasteiger partial charge in [0.1, 0.15) is 4.90 Å². The highest BCUT2D eigenvalue weighted by atomic mass is 35.5. The van der Waals surface area contributed by atoms with E-state index in [-0.39, 0.29) is 27.4 Å². The standard InChI is InChI=1S/C12H15Cl2NO3S/c1-8-5-6-15(7-10(8)16)19(17,18)11-4-2-3-9(13)12(11)14/h2-4,8,10,16H,5-7H2,1H3. The Morgan fingerprint density at radius 2 is 2.05 bits per heavy atom. The quantitative estimate of drug-likeness (QED) is 0.909.